The molecule has 0 unspecified atom stereocenters. The predicted molar refractivity (Wildman–Crippen MR) is 102 cm³/mol. The van der Waals surface area contributed by atoms with Crippen LogP contribution in [0.15, 0.2) is 60.7 Å². The number of hydrogen-bond donors (Lipinski definition) is 1. The molecule has 0 saturated heterocycles. The number of nitrogens with one attached hydrogen (secondary N) is 1. The second-order valence-electron chi connectivity index (χ2n) is 6.48. The van der Waals surface area contributed by atoms with E-state index in [1.165, 1.54) is 0 Å². The van der Waals surface area contributed by atoms with Gasteiger partial charge in [-0.3, -0.25) is 9.69 Å². The van der Waals surface area contributed by atoms with Crippen LogP contribution in [0.1, 0.15) is 17.5 Å². The molecule has 2 aromatic carbocycles. The Balaban J connectivity index is 2.04. The molecule has 0 aliphatic rings. The number of likely N-dealkylation sites (N-methyl/N-ethyl adjacent to an activating group) is 1. The van der Waals surface area contributed by atoms with Crippen molar-refractivity contribution in [3.63, 3.8) is 0 Å². The fraction of sp³-hybridized carbons (Fsp3) is 0.286. The summed E-state index contributed by atoms with van der Waals surface area (Å²) in [6.45, 7) is -0.0813. The van der Waals surface area contributed by atoms with Crippen molar-refractivity contribution >= 4 is 12.0 Å². The number of rotatable bonds is 8. The summed E-state index contributed by atoms with van der Waals surface area (Å²) in [6, 6.07) is 15.2. The van der Waals surface area contributed by atoms with Gasteiger partial charge in [0.1, 0.15) is 12.6 Å². The number of benzene rings is 2. The second kappa shape index (κ2) is 10.2. The lowest BCUT2D eigenvalue weighted by Gasteiger charge is -2.24. The summed E-state index contributed by atoms with van der Waals surface area (Å²) < 4.78 is 34.1. The highest BCUT2D eigenvalue weighted by molar-refractivity contribution is 5.86. The van der Waals surface area contributed by atoms with Gasteiger partial charge >= 0.3 is 6.09 Å². The Morgan fingerprint density at radius 1 is 1.10 bits per heavy atom. The second-order valence-corrected chi connectivity index (χ2v) is 6.48. The van der Waals surface area contributed by atoms with Crippen LogP contribution in [-0.4, -0.2) is 35.9 Å². The van der Waals surface area contributed by atoms with Gasteiger partial charge in [0.25, 0.3) is 11.8 Å². The molecule has 0 bridgehead atoms. The Labute approximate surface area is 167 Å². The van der Waals surface area contributed by atoms with E-state index in [0.29, 0.717) is 16.0 Å². The number of carbonyl (C=O) groups is 2. The number of amides is 2. The molecule has 0 aromatic heterocycles. The first kappa shape index (κ1) is 21.8. The summed E-state index contributed by atoms with van der Waals surface area (Å²) in [6.07, 6.45) is -1.03. The number of alkyl carbamates (subject to hydrolysis) is 1. The van der Waals surface area contributed by atoms with Gasteiger partial charge in [-0.15, -0.1) is 0 Å². The lowest BCUT2D eigenvalue weighted by molar-refractivity contribution is -0.132. The van der Waals surface area contributed by atoms with Crippen molar-refractivity contribution in [1.29, 1.82) is 5.26 Å². The van der Waals surface area contributed by atoms with Gasteiger partial charge in [-0.1, -0.05) is 60.7 Å². The molecule has 2 amide bonds. The first-order chi connectivity index (χ1) is 13.8. The molecule has 0 saturated carbocycles. The molecule has 0 fully saturated rings. The maximum Gasteiger partial charge on any atom is 0.408 e. The average Bonchev–Trinajstić information content (AvgIpc) is 2.71. The van der Waals surface area contributed by atoms with Crippen LogP contribution in [-0.2, 0) is 22.6 Å². The van der Waals surface area contributed by atoms with Gasteiger partial charge < -0.3 is 10.1 Å². The van der Waals surface area contributed by atoms with Gasteiger partial charge in [0.05, 0.1) is 0 Å². The van der Waals surface area contributed by atoms with Crippen LogP contribution < -0.4 is 5.32 Å². The minimum absolute atomic E-state index is 0.0813. The highest BCUT2D eigenvalue weighted by Gasteiger charge is 2.38. The zero-order chi connectivity index (χ0) is 21.3. The van der Waals surface area contributed by atoms with E-state index < -0.39 is 36.8 Å². The van der Waals surface area contributed by atoms with Crippen molar-refractivity contribution in [3.8, 4) is 6.19 Å². The van der Waals surface area contributed by atoms with Crippen LogP contribution in [0.2, 0.25) is 0 Å². The average molecular weight is 401 g/mol. The van der Waals surface area contributed by atoms with Gasteiger partial charge in [-0.2, -0.15) is 5.26 Å². The van der Waals surface area contributed by atoms with Crippen molar-refractivity contribution in [2.45, 2.75) is 31.4 Å². The van der Waals surface area contributed by atoms with Crippen LogP contribution in [0, 0.1) is 11.5 Å². The van der Waals surface area contributed by atoms with Crippen molar-refractivity contribution < 1.29 is 23.1 Å². The number of ether oxygens (including phenoxy) is 1. The SMILES string of the molecule is CN(C#N)C(=O)[C@H](CC(F)(F)Cc1ccccc1)NC(=O)OCc1ccccc1. The third-order valence-corrected chi connectivity index (χ3v) is 4.09. The van der Waals surface area contributed by atoms with Gasteiger partial charge in [0.15, 0.2) is 6.19 Å². The fourth-order valence-corrected chi connectivity index (χ4v) is 2.66. The summed E-state index contributed by atoms with van der Waals surface area (Å²) in [5, 5.41) is 11.1. The molecule has 1 atom stereocenters. The highest BCUT2D eigenvalue weighted by atomic mass is 19.3. The molecule has 8 heteroatoms. The maximum atomic E-state index is 14.5. The van der Waals surface area contributed by atoms with Crippen molar-refractivity contribution in [2.24, 2.45) is 0 Å². The van der Waals surface area contributed by atoms with Gasteiger partial charge in [0, 0.05) is 19.9 Å². The van der Waals surface area contributed by atoms with Gasteiger partial charge in [-0.25, -0.2) is 13.6 Å². The lowest BCUT2D eigenvalue weighted by Crippen LogP contribution is -2.49. The highest BCUT2D eigenvalue weighted by Crippen LogP contribution is 2.26. The molecule has 0 heterocycles. The van der Waals surface area contributed by atoms with E-state index in [2.05, 4.69) is 5.32 Å². The summed E-state index contributed by atoms with van der Waals surface area (Å²) >= 11 is 0. The largest absolute Gasteiger partial charge is 0.445 e. The molecule has 0 radical (unpaired) electrons. The Morgan fingerprint density at radius 3 is 2.21 bits per heavy atom. The first-order valence-corrected chi connectivity index (χ1v) is 8.87. The monoisotopic (exact) mass is 401 g/mol. The molecular weight excluding hydrogens is 380 g/mol. The minimum atomic E-state index is -3.29. The summed E-state index contributed by atoms with van der Waals surface area (Å²) in [4.78, 5) is 25.0. The van der Waals surface area contributed by atoms with Gasteiger partial charge in [0.2, 0.25) is 0 Å². The Kier molecular flexibility index (Phi) is 7.66. The molecular formula is C21H21F2N3O3. The molecule has 6 nitrogen and oxygen atoms in total. The first-order valence-electron chi connectivity index (χ1n) is 8.87. The van der Waals surface area contributed by atoms with Crippen LogP contribution in [0.4, 0.5) is 13.6 Å². The zero-order valence-electron chi connectivity index (χ0n) is 15.8. The normalized spacial score (nSPS) is 11.8. The Morgan fingerprint density at radius 2 is 1.66 bits per heavy atom. The van der Waals surface area contributed by atoms with E-state index in [4.69, 9.17) is 10.00 Å². The number of carbonyl (C=O) groups excluding carboxylic acids is 2. The number of hydrogen-bond acceptors (Lipinski definition) is 4. The van der Waals surface area contributed by atoms with Crippen LogP contribution in [0.25, 0.3) is 0 Å². The van der Waals surface area contributed by atoms with E-state index in [0.717, 1.165) is 7.05 Å². The summed E-state index contributed by atoms with van der Waals surface area (Å²) in [5.41, 5.74) is 1.10. The topological polar surface area (TPSA) is 82.4 Å². The standard InChI is InChI=1S/C21H21F2N3O3/c1-26(15-24)19(27)18(13-21(22,23)12-16-8-4-2-5-9-16)25-20(28)29-14-17-10-6-3-7-11-17/h2-11,18H,12-14H2,1H3,(H,25,28)/t18-/m0/s1. The van der Waals surface area contributed by atoms with Crippen LogP contribution in [0.5, 0.6) is 0 Å². The molecule has 29 heavy (non-hydrogen) atoms. The number of halogens is 2. The van der Waals surface area contributed by atoms with Crippen LogP contribution >= 0.6 is 0 Å². The lowest BCUT2D eigenvalue weighted by atomic mass is 10.00. The Hall–Kier alpha value is -3.47. The molecule has 2 aromatic rings. The molecule has 1 N–H and O–H groups in total. The van der Waals surface area contributed by atoms with Crippen molar-refractivity contribution in [2.75, 3.05) is 7.05 Å². The molecule has 152 valence electrons. The predicted octanol–water partition coefficient (Wildman–Crippen LogP) is 3.49. The smallest absolute Gasteiger partial charge is 0.408 e. The molecule has 0 aliphatic heterocycles. The van der Waals surface area contributed by atoms with E-state index in [9.17, 15) is 18.4 Å². The van der Waals surface area contributed by atoms with E-state index in [-0.39, 0.29) is 6.61 Å². The number of nitriles is 1. The third-order valence-electron chi connectivity index (χ3n) is 4.09. The summed E-state index contributed by atoms with van der Waals surface area (Å²) in [7, 11) is 1.14. The van der Waals surface area contributed by atoms with Crippen LogP contribution in [0.3, 0.4) is 0 Å². The maximum absolute atomic E-state index is 14.5. The fourth-order valence-electron chi connectivity index (χ4n) is 2.66. The molecule has 2 rings (SSSR count). The Bertz CT molecular complexity index is 854. The van der Waals surface area contributed by atoms with Crippen molar-refractivity contribution in [1.82, 2.24) is 10.2 Å². The minimum Gasteiger partial charge on any atom is -0.445 e. The van der Waals surface area contributed by atoms with E-state index in [1.807, 2.05) is 0 Å². The quantitative estimate of drug-likeness (QED) is 0.542. The zero-order valence-corrected chi connectivity index (χ0v) is 15.8. The third kappa shape index (κ3) is 7.22. The van der Waals surface area contributed by atoms with E-state index >= 15 is 0 Å². The van der Waals surface area contributed by atoms with Gasteiger partial charge in [-0.05, 0) is 11.1 Å². The number of nitrogens with zero attached hydrogens (tertiary/aromatic N) is 2. The van der Waals surface area contributed by atoms with Crippen molar-refractivity contribution in [3.05, 3.63) is 71.8 Å². The summed E-state index contributed by atoms with van der Waals surface area (Å²) in [5.74, 6) is -4.23. The molecule has 0 spiro atoms. The number of alkyl halides is 2. The molecule has 0 aliphatic carbocycles. The van der Waals surface area contributed by atoms with E-state index in [1.54, 1.807) is 66.9 Å².